The molecule has 0 aromatic carbocycles. The smallest absolute Gasteiger partial charge is 0.315 e. The molecule has 1 fully saturated rings. The molecule has 0 radical (unpaired) electrons. The van der Waals surface area contributed by atoms with Crippen LogP contribution in [-0.4, -0.2) is 59.4 Å². The molecular formula is C20H31N5O5. The van der Waals surface area contributed by atoms with Gasteiger partial charge in [0.25, 0.3) is 5.91 Å². The largest absolute Gasteiger partial charge is 0.459 e. The third kappa shape index (κ3) is 6.23. The van der Waals surface area contributed by atoms with Gasteiger partial charge in [-0.25, -0.2) is 4.79 Å². The number of nitrogens with one attached hydrogen (secondary N) is 3. The van der Waals surface area contributed by atoms with Crippen LogP contribution in [0.25, 0.3) is 0 Å². The molecule has 1 aliphatic rings. The normalized spacial score (nSPS) is 19.6. The summed E-state index contributed by atoms with van der Waals surface area (Å²) in [6.07, 6.45) is 1.96. The Balaban J connectivity index is 2.16. The Labute approximate surface area is 175 Å². The Hall–Kier alpha value is -3.04. The number of nitrogens with two attached hydrogens (primary N) is 1. The molecule has 0 unspecified atom stereocenters. The molecule has 1 saturated heterocycles. The number of hydrogen-bond acceptors (Lipinski definition) is 5. The maximum Gasteiger partial charge on any atom is 0.315 e. The molecule has 5 N–H and O–H groups in total. The summed E-state index contributed by atoms with van der Waals surface area (Å²) in [5.41, 5.74) is 5.43. The average Bonchev–Trinajstić information content (AvgIpc) is 3.29. The first-order valence-corrected chi connectivity index (χ1v) is 10.1. The lowest BCUT2D eigenvalue weighted by molar-refractivity contribution is -0.130. The lowest BCUT2D eigenvalue weighted by Gasteiger charge is -2.25. The van der Waals surface area contributed by atoms with Gasteiger partial charge in [0, 0.05) is 12.6 Å². The number of furan rings is 1. The highest BCUT2D eigenvalue weighted by Crippen LogP contribution is 2.22. The molecule has 1 aliphatic heterocycles. The maximum absolute atomic E-state index is 13.0. The number of carbonyl (C=O) groups excluding carboxylic acids is 4. The van der Waals surface area contributed by atoms with Crippen LogP contribution in [0.5, 0.6) is 0 Å². The minimum Gasteiger partial charge on any atom is -0.459 e. The van der Waals surface area contributed by atoms with Crippen molar-refractivity contribution < 1.29 is 23.6 Å². The van der Waals surface area contributed by atoms with E-state index in [1.165, 1.54) is 17.2 Å². The first-order valence-electron chi connectivity index (χ1n) is 10.1. The van der Waals surface area contributed by atoms with Crippen LogP contribution in [0.3, 0.4) is 0 Å². The molecule has 10 heteroatoms. The van der Waals surface area contributed by atoms with Gasteiger partial charge in [0.1, 0.15) is 12.1 Å². The van der Waals surface area contributed by atoms with Crippen molar-refractivity contribution in [1.29, 1.82) is 0 Å². The number of amides is 5. The van der Waals surface area contributed by atoms with Crippen molar-refractivity contribution >= 4 is 23.8 Å². The van der Waals surface area contributed by atoms with E-state index in [1.807, 2.05) is 27.7 Å². The monoisotopic (exact) mass is 421 g/mol. The summed E-state index contributed by atoms with van der Waals surface area (Å²) in [6.45, 7) is 7.62. The third-order valence-electron chi connectivity index (χ3n) is 4.72. The van der Waals surface area contributed by atoms with Gasteiger partial charge in [0.15, 0.2) is 5.76 Å². The molecule has 1 aromatic rings. The van der Waals surface area contributed by atoms with E-state index < -0.39 is 35.8 Å². The van der Waals surface area contributed by atoms with Crippen molar-refractivity contribution in [2.45, 2.75) is 64.7 Å². The van der Waals surface area contributed by atoms with Gasteiger partial charge in [-0.3, -0.25) is 14.4 Å². The molecule has 0 aliphatic carbocycles. The molecule has 5 amide bonds. The Bertz CT molecular complexity index is 762. The summed E-state index contributed by atoms with van der Waals surface area (Å²) >= 11 is 0. The van der Waals surface area contributed by atoms with E-state index in [-0.39, 0.29) is 36.7 Å². The maximum atomic E-state index is 13.0. The molecule has 166 valence electrons. The van der Waals surface area contributed by atoms with Crippen molar-refractivity contribution in [2.24, 2.45) is 11.7 Å². The predicted molar refractivity (Wildman–Crippen MR) is 109 cm³/mol. The lowest BCUT2D eigenvalue weighted by Crippen LogP contribution is -2.52. The van der Waals surface area contributed by atoms with Crippen molar-refractivity contribution in [3.8, 4) is 0 Å². The SMILES string of the molecule is CC(C)C[C@H](NC(=O)[C@@H]1C[C@H](NC(=O)NC(C)C)CN1C(=O)c1ccco1)C(N)=O. The van der Waals surface area contributed by atoms with Crippen LogP contribution in [-0.2, 0) is 9.59 Å². The fourth-order valence-electron chi connectivity index (χ4n) is 3.43. The first kappa shape index (κ1) is 23.2. The van der Waals surface area contributed by atoms with Crippen molar-refractivity contribution in [2.75, 3.05) is 6.54 Å². The van der Waals surface area contributed by atoms with E-state index in [1.54, 1.807) is 6.07 Å². The molecule has 3 atom stereocenters. The summed E-state index contributed by atoms with van der Waals surface area (Å²) < 4.78 is 5.18. The van der Waals surface area contributed by atoms with E-state index in [9.17, 15) is 19.2 Å². The van der Waals surface area contributed by atoms with Gasteiger partial charge in [-0.1, -0.05) is 13.8 Å². The van der Waals surface area contributed by atoms with Gasteiger partial charge >= 0.3 is 6.03 Å². The van der Waals surface area contributed by atoms with E-state index >= 15 is 0 Å². The lowest BCUT2D eigenvalue weighted by atomic mass is 10.0. The Morgan fingerprint density at radius 2 is 1.90 bits per heavy atom. The van der Waals surface area contributed by atoms with E-state index in [4.69, 9.17) is 10.2 Å². The molecule has 2 heterocycles. The number of hydrogen-bond donors (Lipinski definition) is 4. The zero-order chi connectivity index (χ0) is 22.4. The highest BCUT2D eigenvalue weighted by Gasteiger charge is 2.42. The molecule has 2 rings (SSSR count). The number of primary amides is 1. The van der Waals surface area contributed by atoms with Crippen LogP contribution in [0.1, 0.15) is 51.1 Å². The highest BCUT2D eigenvalue weighted by atomic mass is 16.3. The number of rotatable bonds is 8. The van der Waals surface area contributed by atoms with Crippen LogP contribution >= 0.6 is 0 Å². The summed E-state index contributed by atoms with van der Waals surface area (Å²) in [6, 6.07) is 0.505. The fourth-order valence-corrected chi connectivity index (χ4v) is 3.43. The molecular weight excluding hydrogens is 390 g/mol. The molecule has 0 saturated carbocycles. The molecule has 10 nitrogen and oxygen atoms in total. The van der Waals surface area contributed by atoms with Gasteiger partial charge < -0.3 is 31.0 Å². The van der Waals surface area contributed by atoms with Crippen molar-refractivity contribution in [3.05, 3.63) is 24.2 Å². The number of carbonyl (C=O) groups is 4. The van der Waals surface area contributed by atoms with Gasteiger partial charge in [0.2, 0.25) is 11.8 Å². The summed E-state index contributed by atoms with van der Waals surface area (Å²) in [5, 5.41) is 8.17. The topological polar surface area (TPSA) is 147 Å². The predicted octanol–water partition coefficient (Wildman–Crippen LogP) is 0.587. The van der Waals surface area contributed by atoms with Crippen LogP contribution in [0.2, 0.25) is 0 Å². The quantitative estimate of drug-likeness (QED) is 0.485. The van der Waals surface area contributed by atoms with E-state index in [0.29, 0.717) is 6.42 Å². The van der Waals surface area contributed by atoms with Crippen molar-refractivity contribution in [1.82, 2.24) is 20.9 Å². The van der Waals surface area contributed by atoms with Crippen LogP contribution in [0.4, 0.5) is 4.79 Å². The fraction of sp³-hybridized carbons (Fsp3) is 0.600. The second-order valence-electron chi connectivity index (χ2n) is 8.25. The summed E-state index contributed by atoms with van der Waals surface area (Å²) in [4.78, 5) is 51.0. The zero-order valence-electron chi connectivity index (χ0n) is 17.8. The molecule has 0 spiro atoms. The van der Waals surface area contributed by atoms with E-state index in [0.717, 1.165) is 0 Å². The third-order valence-corrected chi connectivity index (χ3v) is 4.72. The Morgan fingerprint density at radius 3 is 2.43 bits per heavy atom. The van der Waals surface area contributed by atoms with Gasteiger partial charge in [0.05, 0.1) is 12.3 Å². The second kappa shape index (κ2) is 10.1. The second-order valence-corrected chi connectivity index (χ2v) is 8.25. The molecule has 1 aromatic heterocycles. The van der Waals surface area contributed by atoms with Crippen molar-refractivity contribution in [3.63, 3.8) is 0 Å². The van der Waals surface area contributed by atoms with Crippen LogP contribution in [0.15, 0.2) is 22.8 Å². The van der Waals surface area contributed by atoms with Gasteiger partial charge in [-0.15, -0.1) is 0 Å². The van der Waals surface area contributed by atoms with E-state index in [2.05, 4.69) is 16.0 Å². The number of urea groups is 1. The minimum atomic E-state index is -0.874. The van der Waals surface area contributed by atoms with Gasteiger partial charge in [-0.2, -0.15) is 0 Å². The molecule has 30 heavy (non-hydrogen) atoms. The Kier molecular flexibility index (Phi) is 7.85. The number of nitrogens with zero attached hydrogens (tertiary/aromatic N) is 1. The summed E-state index contributed by atoms with van der Waals surface area (Å²) in [5.74, 6) is -1.36. The highest BCUT2D eigenvalue weighted by molar-refractivity contribution is 5.97. The minimum absolute atomic E-state index is 0.0567. The average molecular weight is 421 g/mol. The van der Waals surface area contributed by atoms with Gasteiger partial charge in [-0.05, 0) is 44.7 Å². The molecule has 0 bridgehead atoms. The standard InChI is InChI=1S/C20H31N5O5/c1-11(2)8-14(17(21)26)24-18(27)15-9-13(23-20(29)22-12(3)4)10-25(15)19(28)16-6-5-7-30-16/h5-7,11-15H,8-10H2,1-4H3,(H2,21,26)(H,24,27)(H2,22,23,29)/t13-,14-,15-/m0/s1. The Morgan fingerprint density at radius 1 is 1.20 bits per heavy atom. The van der Waals surface area contributed by atoms with Crippen LogP contribution < -0.4 is 21.7 Å². The first-order chi connectivity index (χ1) is 14.1. The zero-order valence-corrected chi connectivity index (χ0v) is 17.8. The summed E-state index contributed by atoms with van der Waals surface area (Å²) in [7, 11) is 0. The van der Waals surface area contributed by atoms with Crippen LogP contribution in [0, 0.1) is 5.92 Å². The number of likely N-dealkylation sites (tertiary alicyclic amines) is 1.